The van der Waals surface area contributed by atoms with Gasteiger partial charge in [-0.1, -0.05) is 6.07 Å². The van der Waals surface area contributed by atoms with Crippen molar-refractivity contribution in [3.05, 3.63) is 53.6 Å². The van der Waals surface area contributed by atoms with Crippen molar-refractivity contribution in [1.82, 2.24) is 9.55 Å². The molecular formula is C13H11F3N2O. The van der Waals surface area contributed by atoms with Gasteiger partial charge in [-0.2, -0.15) is 13.2 Å². The van der Waals surface area contributed by atoms with Crippen molar-refractivity contribution >= 4 is 5.78 Å². The maximum Gasteiger partial charge on any atom is 0.454 e. The molecule has 0 aliphatic heterocycles. The molecule has 0 fully saturated rings. The van der Waals surface area contributed by atoms with Gasteiger partial charge in [-0.15, -0.1) is 0 Å². The van der Waals surface area contributed by atoms with Crippen LogP contribution in [0.2, 0.25) is 0 Å². The summed E-state index contributed by atoms with van der Waals surface area (Å²) in [5, 5.41) is 0. The van der Waals surface area contributed by atoms with E-state index >= 15 is 0 Å². The van der Waals surface area contributed by atoms with Gasteiger partial charge in [0.15, 0.2) is 0 Å². The SMILES string of the molecule is Cc1cccnc1Cn1ccc(C(=O)C(F)(F)F)c1. The second-order valence-corrected chi connectivity index (χ2v) is 4.17. The Balaban J connectivity index is 2.19. The summed E-state index contributed by atoms with van der Waals surface area (Å²) in [5.74, 6) is -1.83. The number of hydrogen-bond donors (Lipinski definition) is 0. The standard InChI is InChI=1S/C13H11F3N2O/c1-9-3-2-5-17-11(9)8-18-6-4-10(7-18)12(19)13(14,15)16/h2-7H,8H2,1H3. The molecule has 2 heterocycles. The molecule has 100 valence electrons. The van der Waals surface area contributed by atoms with E-state index in [9.17, 15) is 18.0 Å². The highest BCUT2D eigenvalue weighted by atomic mass is 19.4. The minimum absolute atomic E-state index is 0.331. The molecule has 2 aromatic heterocycles. The third kappa shape index (κ3) is 3.01. The lowest BCUT2D eigenvalue weighted by molar-refractivity contribution is -0.0885. The Labute approximate surface area is 107 Å². The topological polar surface area (TPSA) is 34.9 Å². The Kier molecular flexibility index (Phi) is 3.42. The number of rotatable bonds is 3. The van der Waals surface area contributed by atoms with Gasteiger partial charge in [0.1, 0.15) is 0 Å². The zero-order valence-corrected chi connectivity index (χ0v) is 10.1. The maximum atomic E-state index is 12.3. The van der Waals surface area contributed by atoms with Crippen molar-refractivity contribution < 1.29 is 18.0 Å². The minimum atomic E-state index is -4.84. The lowest BCUT2D eigenvalue weighted by atomic mass is 10.2. The number of alkyl halides is 3. The second-order valence-electron chi connectivity index (χ2n) is 4.17. The van der Waals surface area contributed by atoms with Crippen LogP contribution < -0.4 is 0 Å². The smallest absolute Gasteiger partial charge is 0.348 e. The number of ketones is 1. The van der Waals surface area contributed by atoms with E-state index < -0.39 is 12.0 Å². The number of Topliss-reactive ketones (excluding diaryl/α,β-unsaturated/α-hetero) is 1. The normalized spacial score (nSPS) is 11.6. The first kappa shape index (κ1) is 13.3. The number of aryl methyl sites for hydroxylation is 1. The van der Waals surface area contributed by atoms with Crippen molar-refractivity contribution in [3.8, 4) is 0 Å². The summed E-state index contributed by atoms with van der Waals surface area (Å²) in [5.41, 5.74) is 1.34. The van der Waals surface area contributed by atoms with Crippen LogP contribution in [0.5, 0.6) is 0 Å². The van der Waals surface area contributed by atoms with Crippen LogP contribution in [0.25, 0.3) is 0 Å². The number of carbonyl (C=O) groups is 1. The monoisotopic (exact) mass is 268 g/mol. The fraction of sp³-hybridized carbons (Fsp3) is 0.231. The van der Waals surface area contributed by atoms with E-state index in [1.165, 1.54) is 17.0 Å². The van der Waals surface area contributed by atoms with Gasteiger partial charge in [-0.25, -0.2) is 0 Å². The van der Waals surface area contributed by atoms with Crippen LogP contribution in [0.4, 0.5) is 13.2 Å². The van der Waals surface area contributed by atoms with Crippen molar-refractivity contribution in [2.45, 2.75) is 19.6 Å². The Morgan fingerprint density at radius 2 is 2.11 bits per heavy atom. The van der Waals surface area contributed by atoms with Crippen LogP contribution in [-0.4, -0.2) is 21.5 Å². The van der Waals surface area contributed by atoms with Crippen molar-refractivity contribution in [2.75, 3.05) is 0 Å². The van der Waals surface area contributed by atoms with Gasteiger partial charge in [-0.05, 0) is 24.6 Å². The molecular weight excluding hydrogens is 257 g/mol. The molecule has 0 unspecified atom stereocenters. The summed E-state index contributed by atoms with van der Waals surface area (Å²) in [6.07, 6.45) is -0.599. The van der Waals surface area contributed by atoms with Crippen molar-refractivity contribution in [1.29, 1.82) is 0 Å². The van der Waals surface area contributed by atoms with Crippen LogP contribution in [0.3, 0.4) is 0 Å². The molecule has 0 aromatic carbocycles. The van der Waals surface area contributed by atoms with Gasteiger partial charge < -0.3 is 4.57 Å². The molecule has 0 atom stereocenters. The molecule has 0 aliphatic carbocycles. The van der Waals surface area contributed by atoms with Crippen LogP contribution >= 0.6 is 0 Å². The number of aromatic nitrogens is 2. The molecule has 0 spiro atoms. The zero-order valence-electron chi connectivity index (χ0n) is 10.1. The summed E-state index contributed by atoms with van der Waals surface area (Å²) >= 11 is 0. The van der Waals surface area contributed by atoms with Crippen LogP contribution in [0.15, 0.2) is 36.8 Å². The molecule has 0 amide bonds. The Morgan fingerprint density at radius 3 is 2.74 bits per heavy atom. The highest BCUT2D eigenvalue weighted by Crippen LogP contribution is 2.21. The first-order chi connectivity index (χ1) is 8.88. The number of nitrogens with zero attached hydrogens (tertiary/aromatic N) is 2. The number of pyridine rings is 1. The highest BCUT2D eigenvalue weighted by Gasteiger charge is 2.39. The van der Waals surface area contributed by atoms with E-state index in [0.29, 0.717) is 6.54 Å². The van der Waals surface area contributed by atoms with E-state index in [0.717, 1.165) is 17.3 Å². The lowest BCUT2D eigenvalue weighted by Crippen LogP contribution is -2.22. The van der Waals surface area contributed by atoms with E-state index in [-0.39, 0.29) is 5.56 Å². The molecule has 0 bridgehead atoms. The molecule has 19 heavy (non-hydrogen) atoms. The summed E-state index contributed by atoms with van der Waals surface area (Å²) < 4.78 is 38.3. The molecule has 0 radical (unpaired) electrons. The quantitative estimate of drug-likeness (QED) is 0.802. The third-order valence-electron chi connectivity index (χ3n) is 2.72. The van der Waals surface area contributed by atoms with E-state index in [4.69, 9.17) is 0 Å². The average molecular weight is 268 g/mol. The molecule has 6 heteroatoms. The molecule has 0 N–H and O–H groups in total. The molecule has 0 saturated carbocycles. The Morgan fingerprint density at radius 1 is 1.37 bits per heavy atom. The number of halogens is 3. The molecule has 0 saturated heterocycles. The van der Waals surface area contributed by atoms with Gasteiger partial charge in [-0.3, -0.25) is 9.78 Å². The molecule has 2 rings (SSSR count). The molecule has 3 nitrogen and oxygen atoms in total. The molecule has 2 aromatic rings. The Hall–Kier alpha value is -2.11. The van der Waals surface area contributed by atoms with Gasteiger partial charge in [0, 0.05) is 24.2 Å². The van der Waals surface area contributed by atoms with Gasteiger partial charge in [0.2, 0.25) is 0 Å². The first-order valence-electron chi connectivity index (χ1n) is 5.56. The van der Waals surface area contributed by atoms with Gasteiger partial charge >= 0.3 is 6.18 Å². The van der Waals surface area contributed by atoms with Crippen molar-refractivity contribution in [2.24, 2.45) is 0 Å². The maximum absolute atomic E-state index is 12.3. The number of hydrogen-bond acceptors (Lipinski definition) is 2. The first-order valence-corrected chi connectivity index (χ1v) is 5.56. The predicted octanol–water partition coefficient (Wildman–Crippen LogP) is 2.98. The summed E-state index contributed by atoms with van der Waals surface area (Å²) in [6.45, 7) is 2.20. The summed E-state index contributed by atoms with van der Waals surface area (Å²) in [4.78, 5) is 15.2. The van der Waals surface area contributed by atoms with E-state index in [2.05, 4.69) is 4.98 Å². The van der Waals surface area contributed by atoms with E-state index in [1.54, 1.807) is 12.3 Å². The summed E-state index contributed by atoms with van der Waals surface area (Å²) in [7, 11) is 0. The van der Waals surface area contributed by atoms with Gasteiger partial charge in [0.25, 0.3) is 5.78 Å². The van der Waals surface area contributed by atoms with Crippen LogP contribution in [0.1, 0.15) is 21.6 Å². The summed E-state index contributed by atoms with van der Waals surface area (Å²) in [6, 6.07) is 4.81. The van der Waals surface area contributed by atoms with Crippen molar-refractivity contribution in [3.63, 3.8) is 0 Å². The third-order valence-corrected chi connectivity index (χ3v) is 2.72. The number of carbonyl (C=O) groups excluding carboxylic acids is 1. The van der Waals surface area contributed by atoms with Crippen LogP contribution in [0, 0.1) is 6.92 Å². The minimum Gasteiger partial charge on any atom is -0.348 e. The fourth-order valence-corrected chi connectivity index (χ4v) is 1.69. The largest absolute Gasteiger partial charge is 0.454 e. The average Bonchev–Trinajstić information content (AvgIpc) is 2.78. The Bertz CT molecular complexity index is 602. The zero-order chi connectivity index (χ0) is 14.0. The molecule has 0 aliphatic rings. The lowest BCUT2D eigenvalue weighted by Gasteiger charge is -2.05. The fourth-order valence-electron chi connectivity index (χ4n) is 1.69. The highest BCUT2D eigenvalue weighted by molar-refractivity contribution is 6.00. The van der Waals surface area contributed by atoms with Crippen LogP contribution in [-0.2, 0) is 6.54 Å². The van der Waals surface area contributed by atoms with E-state index in [1.807, 2.05) is 13.0 Å². The second kappa shape index (κ2) is 4.87. The predicted molar refractivity (Wildman–Crippen MR) is 62.9 cm³/mol. The van der Waals surface area contributed by atoms with Gasteiger partial charge in [0.05, 0.1) is 12.2 Å².